The van der Waals surface area contributed by atoms with Crippen LogP contribution in [-0.4, -0.2) is 10.1 Å². The van der Waals surface area contributed by atoms with Crippen molar-refractivity contribution in [2.24, 2.45) is 0 Å². The Kier molecular flexibility index (Phi) is 3.07. The van der Waals surface area contributed by atoms with Gasteiger partial charge in [0, 0.05) is 10.0 Å². The molecular weight excluding hydrogens is 279 g/mol. The van der Waals surface area contributed by atoms with Gasteiger partial charge in [-0.25, -0.2) is 0 Å². The molecule has 1 heterocycles. The lowest BCUT2D eigenvalue weighted by Gasteiger charge is -1.94. The fourth-order valence-electron chi connectivity index (χ4n) is 1.14. The first kappa shape index (κ1) is 10.6. The lowest BCUT2D eigenvalue weighted by molar-refractivity contribution is 0.379. The molecule has 1 atom stereocenters. The maximum Gasteiger partial charge on any atom is 0.244 e. The summed E-state index contributed by atoms with van der Waals surface area (Å²) in [4.78, 5) is 4.19. The Morgan fingerprint density at radius 2 is 2.27 bits per heavy atom. The monoisotopic (exact) mass is 286 g/mol. The van der Waals surface area contributed by atoms with E-state index in [2.05, 4.69) is 26.1 Å². The molecule has 0 aliphatic rings. The van der Waals surface area contributed by atoms with E-state index in [0.717, 1.165) is 10.0 Å². The molecule has 0 saturated carbocycles. The maximum absolute atomic E-state index is 5.83. The molecule has 1 unspecified atom stereocenters. The molecule has 0 bridgehead atoms. The zero-order chi connectivity index (χ0) is 10.8. The van der Waals surface area contributed by atoms with Gasteiger partial charge < -0.3 is 4.52 Å². The van der Waals surface area contributed by atoms with E-state index in [-0.39, 0.29) is 5.38 Å². The molecule has 0 radical (unpaired) electrons. The van der Waals surface area contributed by atoms with Crippen molar-refractivity contribution in [1.29, 1.82) is 0 Å². The van der Waals surface area contributed by atoms with Crippen molar-refractivity contribution in [1.82, 2.24) is 10.1 Å². The highest BCUT2D eigenvalue weighted by Crippen LogP contribution is 2.23. The number of hydrogen-bond acceptors (Lipinski definition) is 3. The first-order valence-electron chi connectivity index (χ1n) is 4.40. The van der Waals surface area contributed by atoms with E-state index in [1.165, 1.54) is 0 Å². The second kappa shape index (κ2) is 4.33. The van der Waals surface area contributed by atoms with E-state index in [1.54, 1.807) is 6.92 Å². The summed E-state index contributed by atoms with van der Waals surface area (Å²) < 4.78 is 5.99. The average Bonchev–Trinajstić information content (AvgIpc) is 2.66. The maximum atomic E-state index is 5.83. The third-order valence-corrected chi connectivity index (χ3v) is 2.54. The van der Waals surface area contributed by atoms with Crippen LogP contribution in [0.2, 0.25) is 0 Å². The minimum atomic E-state index is -0.265. The predicted molar refractivity (Wildman–Crippen MR) is 61.7 cm³/mol. The molecule has 1 aromatic heterocycles. The molecule has 0 N–H and O–H groups in total. The zero-order valence-electron chi connectivity index (χ0n) is 7.95. The topological polar surface area (TPSA) is 38.9 Å². The van der Waals surface area contributed by atoms with E-state index in [9.17, 15) is 0 Å². The predicted octanol–water partition coefficient (Wildman–Crippen LogP) is 3.80. The Labute approximate surface area is 101 Å². The number of rotatable bonds is 2. The Balaban J connectivity index is 2.37. The lowest BCUT2D eigenvalue weighted by Crippen LogP contribution is -1.84. The fourth-order valence-corrected chi connectivity index (χ4v) is 1.63. The Bertz CT molecular complexity index is 470. The minimum absolute atomic E-state index is 0.265. The number of halogens is 2. The van der Waals surface area contributed by atoms with Gasteiger partial charge in [0.25, 0.3) is 0 Å². The zero-order valence-corrected chi connectivity index (χ0v) is 10.3. The van der Waals surface area contributed by atoms with Gasteiger partial charge in [-0.15, -0.1) is 11.6 Å². The van der Waals surface area contributed by atoms with Crippen molar-refractivity contribution in [2.75, 3.05) is 0 Å². The van der Waals surface area contributed by atoms with Crippen molar-refractivity contribution in [3.05, 3.63) is 34.6 Å². The van der Waals surface area contributed by atoms with E-state index >= 15 is 0 Å². The molecule has 0 saturated heterocycles. The van der Waals surface area contributed by atoms with Gasteiger partial charge in [-0.3, -0.25) is 0 Å². The molecule has 0 amide bonds. The first-order valence-corrected chi connectivity index (χ1v) is 5.63. The van der Waals surface area contributed by atoms with Crippen LogP contribution in [0.1, 0.15) is 18.2 Å². The first-order chi connectivity index (χ1) is 7.16. The van der Waals surface area contributed by atoms with Gasteiger partial charge in [0.1, 0.15) is 5.38 Å². The van der Waals surface area contributed by atoms with Crippen molar-refractivity contribution in [2.45, 2.75) is 12.3 Å². The van der Waals surface area contributed by atoms with Gasteiger partial charge in [0.2, 0.25) is 11.7 Å². The average molecular weight is 288 g/mol. The van der Waals surface area contributed by atoms with Crippen molar-refractivity contribution < 1.29 is 4.52 Å². The summed E-state index contributed by atoms with van der Waals surface area (Å²) in [5.41, 5.74) is 0.900. The highest BCUT2D eigenvalue weighted by molar-refractivity contribution is 9.10. The van der Waals surface area contributed by atoms with Crippen LogP contribution in [0, 0.1) is 0 Å². The molecule has 3 nitrogen and oxygen atoms in total. The molecular formula is C10H8BrClN2O. The third kappa shape index (κ3) is 2.38. The summed E-state index contributed by atoms with van der Waals surface area (Å²) in [5.74, 6) is 0.991. The highest BCUT2D eigenvalue weighted by Gasteiger charge is 2.12. The summed E-state index contributed by atoms with van der Waals surface area (Å²) >= 11 is 9.21. The largest absolute Gasteiger partial charge is 0.337 e. The van der Waals surface area contributed by atoms with E-state index in [1.807, 2.05) is 24.3 Å². The lowest BCUT2D eigenvalue weighted by atomic mass is 10.2. The number of hydrogen-bond donors (Lipinski definition) is 0. The van der Waals surface area contributed by atoms with Crippen LogP contribution in [0.4, 0.5) is 0 Å². The van der Waals surface area contributed by atoms with Crippen molar-refractivity contribution in [3.63, 3.8) is 0 Å². The van der Waals surface area contributed by atoms with Crippen molar-refractivity contribution in [3.8, 4) is 11.4 Å². The minimum Gasteiger partial charge on any atom is -0.337 e. The molecule has 2 aromatic rings. The van der Waals surface area contributed by atoms with Crippen LogP contribution in [-0.2, 0) is 0 Å². The van der Waals surface area contributed by atoms with Gasteiger partial charge in [0.15, 0.2) is 0 Å². The Hall–Kier alpha value is -0.870. The molecule has 1 aromatic carbocycles. The molecule has 5 heteroatoms. The molecule has 0 spiro atoms. The van der Waals surface area contributed by atoms with Gasteiger partial charge in [-0.05, 0) is 19.1 Å². The highest BCUT2D eigenvalue weighted by atomic mass is 79.9. The third-order valence-electron chi connectivity index (χ3n) is 1.86. The second-order valence-corrected chi connectivity index (χ2v) is 4.65. The van der Waals surface area contributed by atoms with Crippen LogP contribution in [0.5, 0.6) is 0 Å². The molecule has 0 aliphatic carbocycles. The van der Waals surface area contributed by atoms with Crippen LogP contribution < -0.4 is 0 Å². The standard InChI is InChI=1S/C10H8BrClN2O/c1-6(12)10-13-9(14-15-10)7-3-2-4-8(11)5-7/h2-6H,1H3. The molecule has 0 fully saturated rings. The summed E-state index contributed by atoms with van der Waals surface area (Å²) in [5, 5.41) is 3.59. The molecule has 15 heavy (non-hydrogen) atoms. The normalized spacial score (nSPS) is 12.7. The van der Waals surface area contributed by atoms with E-state index < -0.39 is 0 Å². The summed E-state index contributed by atoms with van der Waals surface area (Å²) in [6, 6.07) is 7.69. The molecule has 0 aliphatic heterocycles. The quantitative estimate of drug-likeness (QED) is 0.789. The second-order valence-electron chi connectivity index (χ2n) is 3.08. The Morgan fingerprint density at radius 3 is 2.87 bits per heavy atom. The smallest absolute Gasteiger partial charge is 0.244 e. The van der Waals surface area contributed by atoms with Gasteiger partial charge in [-0.1, -0.05) is 33.2 Å². The SMILES string of the molecule is CC(Cl)c1nc(-c2cccc(Br)c2)no1. The molecule has 2 rings (SSSR count). The number of alkyl halides is 1. The van der Waals surface area contributed by atoms with Crippen molar-refractivity contribution >= 4 is 27.5 Å². The number of aromatic nitrogens is 2. The van der Waals surface area contributed by atoms with Crippen LogP contribution in [0.3, 0.4) is 0 Å². The van der Waals surface area contributed by atoms with Gasteiger partial charge >= 0.3 is 0 Å². The van der Waals surface area contributed by atoms with Gasteiger partial charge in [0.05, 0.1) is 0 Å². The summed E-state index contributed by atoms with van der Waals surface area (Å²) in [7, 11) is 0. The van der Waals surface area contributed by atoms with Crippen LogP contribution >= 0.6 is 27.5 Å². The summed E-state index contributed by atoms with van der Waals surface area (Å²) in [6.45, 7) is 1.79. The number of benzene rings is 1. The van der Waals surface area contributed by atoms with E-state index in [0.29, 0.717) is 11.7 Å². The van der Waals surface area contributed by atoms with Gasteiger partial charge in [-0.2, -0.15) is 4.98 Å². The van der Waals surface area contributed by atoms with Crippen LogP contribution in [0.15, 0.2) is 33.3 Å². The van der Waals surface area contributed by atoms with E-state index in [4.69, 9.17) is 16.1 Å². The molecule has 78 valence electrons. The number of nitrogens with zero attached hydrogens (tertiary/aromatic N) is 2. The summed E-state index contributed by atoms with van der Waals surface area (Å²) in [6.07, 6.45) is 0. The Morgan fingerprint density at radius 1 is 1.47 bits per heavy atom. The van der Waals surface area contributed by atoms with Crippen LogP contribution in [0.25, 0.3) is 11.4 Å². The fraction of sp³-hybridized carbons (Fsp3) is 0.200.